The van der Waals surface area contributed by atoms with Crippen molar-refractivity contribution in [3.05, 3.63) is 59.7 Å². The summed E-state index contributed by atoms with van der Waals surface area (Å²) in [6.07, 6.45) is 1.00. The highest BCUT2D eigenvalue weighted by molar-refractivity contribution is 5.95. The molecule has 1 heterocycles. The number of benzene rings is 2. The summed E-state index contributed by atoms with van der Waals surface area (Å²) in [6.45, 7) is 1.55. The van der Waals surface area contributed by atoms with Gasteiger partial charge in [-0.3, -0.25) is 4.79 Å². The number of methoxy groups -OCH3 is 2. The van der Waals surface area contributed by atoms with Crippen LogP contribution in [0.3, 0.4) is 0 Å². The third-order valence-corrected chi connectivity index (χ3v) is 4.38. The van der Waals surface area contributed by atoms with Crippen LogP contribution < -0.4 is 9.47 Å². The maximum Gasteiger partial charge on any atom is 0.254 e. The highest BCUT2D eigenvalue weighted by Gasteiger charge is 2.28. The molecule has 0 aromatic heterocycles. The molecule has 4 nitrogen and oxygen atoms in total. The summed E-state index contributed by atoms with van der Waals surface area (Å²) in [5.41, 5.74) is 1.94. The van der Waals surface area contributed by atoms with Crippen molar-refractivity contribution < 1.29 is 14.3 Å². The first-order valence-corrected chi connectivity index (χ1v) is 7.79. The van der Waals surface area contributed by atoms with E-state index >= 15 is 0 Å². The molecule has 2 aromatic carbocycles. The fourth-order valence-electron chi connectivity index (χ4n) is 3.09. The number of hydrogen-bond acceptors (Lipinski definition) is 3. The first-order chi connectivity index (χ1) is 11.2. The van der Waals surface area contributed by atoms with Crippen LogP contribution in [0.2, 0.25) is 0 Å². The Labute approximate surface area is 136 Å². The molecule has 0 unspecified atom stereocenters. The quantitative estimate of drug-likeness (QED) is 0.869. The van der Waals surface area contributed by atoms with Crippen molar-refractivity contribution in [1.82, 2.24) is 4.90 Å². The minimum Gasteiger partial charge on any atom is -0.493 e. The molecule has 1 aliphatic rings. The summed E-state index contributed by atoms with van der Waals surface area (Å²) < 4.78 is 10.5. The van der Waals surface area contributed by atoms with Crippen molar-refractivity contribution in [3.8, 4) is 11.5 Å². The van der Waals surface area contributed by atoms with Crippen LogP contribution in [0.15, 0.2) is 48.5 Å². The Hall–Kier alpha value is -2.49. The molecule has 0 saturated carbocycles. The van der Waals surface area contributed by atoms with Crippen LogP contribution in [0.25, 0.3) is 0 Å². The van der Waals surface area contributed by atoms with Crippen molar-refractivity contribution in [2.24, 2.45) is 0 Å². The molecule has 0 bridgehead atoms. The number of nitrogens with zero attached hydrogens (tertiary/aromatic N) is 1. The summed E-state index contributed by atoms with van der Waals surface area (Å²) >= 11 is 0. The molecule has 4 heteroatoms. The molecule has 1 amide bonds. The Bertz CT molecular complexity index is 684. The van der Waals surface area contributed by atoms with Crippen LogP contribution in [-0.2, 0) is 0 Å². The number of ether oxygens (including phenoxy) is 2. The largest absolute Gasteiger partial charge is 0.493 e. The van der Waals surface area contributed by atoms with E-state index in [0.717, 1.165) is 19.5 Å². The molecule has 120 valence electrons. The number of likely N-dealkylation sites (tertiary alicyclic amines) is 1. The Morgan fingerprint density at radius 2 is 1.78 bits per heavy atom. The topological polar surface area (TPSA) is 38.8 Å². The van der Waals surface area contributed by atoms with Crippen molar-refractivity contribution >= 4 is 5.91 Å². The van der Waals surface area contributed by atoms with E-state index in [9.17, 15) is 4.79 Å². The summed E-state index contributed by atoms with van der Waals surface area (Å²) in [5, 5.41) is 0. The fraction of sp³-hybridized carbons (Fsp3) is 0.316. The zero-order valence-corrected chi connectivity index (χ0v) is 13.5. The molecule has 23 heavy (non-hydrogen) atoms. The van der Waals surface area contributed by atoms with Crippen molar-refractivity contribution in [2.45, 2.75) is 12.3 Å². The second-order valence-electron chi connectivity index (χ2n) is 5.72. The lowest BCUT2D eigenvalue weighted by molar-refractivity contribution is 0.0790. The minimum atomic E-state index is 0.0457. The Morgan fingerprint density at radius 1 is 1.04 bits per heavy atom. The number of carbonyl (C=O) groups is 1. The Balaban J connectivity index is 1.74. The Kier molecular flexibility index (Phi) is 4.51. The SMILES string of the molecule is COc1ccc(C(=O)N2CC[C@H](c3ccccc3)C2)cc1OC. The van der Waals surface area contributed by atoms with Crippen LogP contribution in [0.5, 0.6) is 11.5 Å². The molecule has 1 saturated heterocycles. The third kappa shape index (κ3) is 3.16. The van der Waals surface area contributed by atoms with E-state index in [2.05, 4.69) is 12.1 Å². The summed E-state index contributed by atoms with van der Waals surface area (Å²) in [6, 6.07) is 15.7. The lowest BCUT2D eigenvalue weighted by atomic mass is 9.99. The van der Waals surface area contributed by atoms with Gasteiger partial charge in [0.05, 0.1) is 14.2 Å². The number of rotatable bonds is 4. The maximum absolute atomic E-state index is 12.7. The van der Waals surface area contributed by atoms with Gasteiger partial charge in [-0.2, -0.15) is 0 Å². The van der Waals surface area contributed by atoms with E-state index in [1.165, 1.54) is 5.56 Å². The van der Waals surface area contributed by atoms with Crippen molar-refractivity contribution in [3.63, 3.8) is 0 Å². The van der Waals surface area contributed by atoms with Gasteiger partial charge in [-0.1, -0.05) is 30.3 Å². The van der Waals surface area contributed by atoms with Crippen LogP contribution in [0.1, 0.15) is 28.3 Å². The van der Waals surface area contributed by atoms with Gasteiger partial charge in [-0.15, -0.1) is 0 Å². The van der Waals surface area contributed by atoms with E-state index in [1.54, 1.807) is 32.4 Å². The molecule has 1 aliphatic heterocycles. The smallest absolute Gasteiger partial charge is 0.254 e. The van der Waals surface area contributed by atoms with Gasteiger partial charge in [0.25, 0.3) is 5.91 Å². The molecule has 2 aromatic rings. The summed E-state index contributed by atoms with van der Waals surface area (Å²) in [4.78, 5) is 14.6. The highest BCUT2D eigenvalue weighted by atomic mass is 16.5. The lowest BCUT2D eigenvalue weighted by Crippen LogP contribution is -2.28. The van der Waals surface area contributed by atoms with Crippen molar-refractivity contribution in [1.29, 1.82) is 0 Å². The molecule has 0 radical (unpaired) electrons. The molecular formula is C19H21NO3. The maximum atomic E-state index is 12.7. The van der Waals surface area contributed by atoms with Crippen LogP contribution in [0, 0.1) is 0 Å². The molecule has 1 atom stereocenters. The average Bonchev–Trinajstić information content (AvgIpc) is 3.11. The first kappa shape index (κ1) is 15.4. The standard InChI is InChI=1S/C19H21NO3/c1-22-17-9-8-15(12-18(17)23-2)19(21)20-11-10-16(13-20)14-6-4-3-5-7-14/h3-9,12,16H,10-11,13H2,1-2H3/t16-/m0/s1. The highest BCUT2D eigenvalue weighted by Crippen LogP contribution is 2.31. The van der Waals surface area contributed by atoms with Gasteiger partial charge in [0.15, 0.2) is 11.5 Å². The monoisotopic (exact) mass is 311 g/mol. The number of carbonyl (C=O) groups excluding carboxylic acids is 1. The fourth-order valence-corrected chi connectivity index (χ4v) is 3.09. The molecule has 1 fully saturated rings. The minimum absolute atomic E-state index is 0.0457. The predicted octanol–water partition coefficient (Wildman–Crippen LogP) is 3.33. The third-order valence-electron chi connectivity index (χ3n) is 4.38. The molecule has 0 N–H and O–H groups in total. The number of hydrogen-bond donors (Lipinski definition) is 0. The van der Waals surface area contributed by atoms with Gasteiger partial charge < -0.3 is 14.4 Å². The van der Waals surface area contributed by atoms with Gasteiger partial charge in [-0.05, 0) is 30.2 Å². The van der Waals surface area contributed by atoms with E-state index < -0.39 is 0 Å². The lowest BCUT2D eigenvalue weighted by Gasteiger charge is -2.18. The summed E-state index contributed by atoms with van der Waals surface area (Å²) in [5.74, 6) is 1.68. The molecular weight excluding hydrogens is 290 g/mol. The van der Waals surface area contributed by atoms with Gasteiger partial charge >= 0.3 is 0 Å². The molecule has 0 spiro atoms. The van der Waals surface area contributed by atoms with Crippen LogP contribution >= 0.6 is 0 Å². The number of amides is 1. The van der Waals surface area contributed by atoms with Gasteiger partial charge in [0, 0.05) is 24.6 Å². The van der Waals surface area contributed by atoms with Crippen LogP contribution in [0.4, 0.5) is 0 Å². The summed E-state index contributed by atoms with van der Waals surface area (Å²) in [7, 11) is 3.16. The second-order valence-corrected chi connectivity index (χ2v) is 5.72. The second kappa shape index (κ2) is 6.73. The first-order valence-electron chi connectivity index (χ1n) is 7.79. The van der Waals surface area contributed by atoms with Crippen molar-refractivity contribution in [2.75, 3.05) is 27.3 Å². The van der Waals surface area contributed by atoms with E-state index in [4.69, 9.17) is 9.47 Å². The van der Waals surface area contributed by atoms with E-state index in [0.29, 0.717) is 23.0 Å². The zero-order chi connectivity index (χ0) is 16.2. The van der Waals surface area contributed by atoms with Gasteiger partial charge in [-0.25, -0.2) is 0 Å². The average molecular weight is 311 g/mol. The normalized spacial score (nSPS) is 17.1. The predicted molar refractivity (Wildman–Crippen MR) is 89.2 cm³/mol. The molecule has 0 aliphatic carbocycles. The van der Waals surface area contributed by atoms with Gasteiger partial charge in [0.1, 0.15) is 0 Å². The Morgan fingerprint density at radius 3 is 2.48 bits per heavy atom. The van der Waals surface area contributed by atoms with E-state index in [1.807, 2.05) is 23.1 Å². The molecule has 3 rings (SSSR count). The zero-order valence-electron chi connectivity index (χ0n) is 13.5. The van der Waals surface area contributed by atoms with Gasteiger partial charge in [0.2, 0.25) is 0 Å². The van der Waals surface area contributed by atoms with E-state index in [-0.39, 0.29) is 5.91 Å². The van der Waals surface area contributed by atoms with Crippen LogP contribution in [-0.4, -0.2) is 38.1 Å².